The third kappa shape index (κ3) is 6.02. The third-order valence-corrected chi connectivity index (χ3v) is 6.67. The summed E-state index contributed by atoms with van der Waals surface area (Å²) >= 11 is 7.72. The van der Waals surface area contributed by atoms with Gasteiger partial charge in [0.05, 0.1) is 28.8 Å². The lowest BCUT2D eigenvalue weighted by Gasteiger charge is -2.36. The maximum absolute atomic E-state index is 12.7. The fraction of sp³-hybridized carbons (Fsp3) is 0.375. The van der Waals surface area contributed by atoms with Crippen LogP contribution >= 0.6 is 23.4 Å². The van der Waals surface area contributed by atoms with E-state index in [1.165, 1.54) is 11.8 Å². The Labute approximate surface area is 208 Å². The molecule has 2 heterocycles. The average molecular weight is 502 g/mol. The van der Waals surface area contributed by atoms with Crippen molar-refractivity contribution in [3.8, 4) is 17.2 Å². The van der Waals surface area contributed by atoms with Gasteiger partial charge in [-0.2, -0.15) is 0 Å². The van der Waals surface area contributed by atoms with Crippen LogP contribution in [0.1, 0.15) is 13.8 Å². The first-order valence-electron chi connectivity index (χ1n) is 11.3. The number of anilines is 2. The van der Waals surface area contributed by atoms with Crippen LogP contribution in [0.5, 0.6) is 5.75 Å². The Morgan fingerprint density at radius 1 is 1.12 bits per heavy atom. The molecular formula is C24H28ClN5O3S. The lowest BCUT2D eigenvalue weighted by Crippen LogP contribution is -2.46. The molecule has 1 N–H and O–H groups in total. The van der Waals surface area contributed by atoms with Crippen LogP contribution in [0.4, 0.5) is 11.4 Å². The zero-order chi connectivity index (χ0) is 23.9. The first kappa shape index (κ1) is 24.4. The van der Waals surface area contributed by atoms with Gasteiger partial charge in [0, 0.05) is 31.7 Å². The van der Waals surface area contributed by atoms with Gasteiger partial charge in [-0.05, 0) is 49.9 Å². The maximum Gasteiger partial charge on any atom is 0.277 e. The largest absolute Gasteiger partial charge is 0.494 e. The van der Waals surface area contributed by atoms with Crippen molar-refractivity contribution in [2.75, 3.05) is 55.3 Å². The minimum Gasteiger partial charge on any atom is -0.494 e. The highest BCUT2D eigenvalue weighted by atomic mass is 35.5. The Morgan fingerprint density at radius 2 is 1.88 bits per heavy atom. The molecule has 0 saturated carbocycles. The van der Waals surface area contributed by atoms with E-state index in [-0.39, 0.29) is 11.7 Å². The smallest absolute Gasteiger partial charge is 0.277 e. The quantitative estimate of drug-likeness (QED) is 0.424. The molecule has 1 saturated heterocycles. The first-order valence-corrected chi connectivity index (χ1v) is 12.7. The minimum atomic E-state index is -0.165. The fourth-order valence-electron chi connectivity index (χ4n) is 3.78. The van der Waals surface area contributed by atoms with Gasteiger partial charge in [-0.25, -0.2) is 0 Å². The highest BCUT2D eigenvalue weighted by Crippen LogP contribution is 2.35. The van der Waals surface area contributed by atoms with Gasteiger partial charge in [0.1, 0.15) is 5.75 Å². The molecule has 34 heavy (non-hydrogen) atoms. The molecule has 1 aromatic heterocycles. The van der Waals surface area contributed by atoms with E-state index in [1.54, 1.807) is 0 Å². The molecular weight excluding hydrogens is 474 g/mol. The predicted molar refractivity (Wildman–Crippen MR) is 136 cm³/mol. The predicted octanol–water partition coefficient (Wildman–Crippen LogP) is 4.66. The number of likely N-dealkylation sites (N-methyl/N-ethyl adjacent to an activating group) is 1. The minimum absolute atomic E-state index is 0.139. The van der Waals surface area contributed by atoms with Crippen LogP contribution < -0.4 is 15.0 Å². The number of halogens is 1. The Balaban J connectivity index is 1.35. The van der Waals surface area contributed by atoms with E-state index >= 15 is 0 Å². The number of carbonyl (C=O) groups is 1. The molecule has 0 atom stereocenters. The van der Waals surface area contributed by atoms with E-state index in [2.05, 4.69) is 32.2 Å². The summed E-state index contributed by atoms with van der Waals surface area (Å²) in [5.74, 6) is 1.15. The zero-order valence-electron chi connectivity index (χ0n) is 19.3. The van der Waals surface area contributed by atoms with Gasteiger partial charge in [0.15, 0.2) is 0 Å². The van der Waals surface area contributed by atoms with Crippen LogP contribution in [-0.4, -0.2) is 66.1 Å². The van der Waals surface area contributed by atoms with E-state index in [1.807, 2.05) is 49.4 Å². The number of nitrogens with one attached hydrogen (secondary N) is 1. The van der Waals surface area contributed by atoms with Gasteiger partial charge in [-0.3, -0.25) is 4.79 Å². The second-order valence-corrected chi connectivity index (χ2v) is 9.06. The molecule has 180 valence electrons. The van der Waals surface area contributed by atoms with Crippen LogP contribution in [0.15, 0.2) is 52.1 Å². The van der Waals surface area contributed by atoms with Crippen molar-refractivity contribution in [2.45, 2.75) is 19.1 Å². The van der Waals surface area contributed by atoms with Crippen molar-refractivity contribution in [1.82, 2.24) is 15.1 Å². The Bertz CT molecular complexity index is 1100. The van der Waals surface area contributed by atoms with Gasteiger partial charge < -0.3 is 24.3 Å². The van der Waals surface area contributed by atoms with E-state index < -0.39 is 0 Å². The number of thioether (sulfide) groups is 1. The van der Waals surface area contributed by atoms with Crippen LogP contribution in [0.25, 0.3) is 11.5 Å². The number of nitrogens with zero attached hydrogens (tertiary/aromatic N) is 4. The van der Waals surface area contributed by atoms with Crippen molar-refractivity contribution in [1.29, 1.82) is 0 Å². The third-order valence-electron chi connectivity index (χ3n) is 5.54. The summed E-state index contributed by atoms with van der Waals surface area (Å²) in [5, 5.41) is 12.1. The second-order valence-electron chi connectivity index (χ2n) is 7.72. The number of para-hydroxylation sites is 1. The molecule has 1 aliphatic rings. The average Bonchev–Trinajstić information content (AvgIpc) is 3.33. The number of rotatable bonds is 9. The van der Waals surface area contributed by atoms with Gasteiger partial charge >= 0.3 is 0 Å². The molecule has 0 aliphatic carbocycles. The highest BCUT2D eigenvalue weighted by Gasteiger charge is 2.21. The summed E-state index contributed by atoms with van der Waals surface area (Å²) < 4.78 is 11.2. The van der Waals surface area contributed by atoms with Crippen molar-refractivity contribution < 1.29 is 13.9 Å². The normalized spacial score (nSPS) is 14.3. The summed E-state index contributed by atoms with van der Waals surface area (Å²) in [4.78, 5) is 17.3. The summed E-state index contributed by atoms with van der Waals surface area (Å²) in [6.07, 6.45) is 0. The lowest BCUT2D eigenvalue weighted by molar-refractivity contribution is -0.113. The zero-order valence-corrected chi connectivity index (χ0v) is 20.9. The molecule has 0 spiro atoms. The molecule has 3 aromatic rings. The highest BCUT2D eigenvalue weighted by molar-refractivity contribution is 7.99. The van der Waals surface area contributed by atoms with Crippen molar-refractivity contribution in [3.63, 3.8) is 0 Å². The molecule has 1 amide bonds. The number of ether oxygens (including phenoxy) is 1. The molecule has 0 unspecified atom stereocenters. The number of benzene rings is 2. The van der Waals surface area contributed by atoms with Gasteiger partial charge in [0.2, 0.25) is 11.8 Å². The topological polar surface area (TPSA) is 83.7 Å². The van der Waals surface area contributed by atoms with Crippen molar-refractivity contribution in [2.24, 2.45) is 0 Å². The summed E-state index contributed by atoms with van der Waals surface area (Å²) in [6, 6.07) is 13.0. The van der Waals surface area contributed by atoms with Crippen LogP contribution in [0, 0.1) is 0 Å². The Kier molecular flexibility index (Phi) is 8.31. The van der Waals surface area contributed by atoms with Gasteiger partial charge in [0.25, 0.3) is 5.22 Å². The molecule has 1 aliphatic heterocycles. The van der Waals surface area contributed by atoms with Crippen LogP contribution in [-0.2, 0) is 4.79 Å². The molecule has 2 aromatic carbocycles. The second kappa shape index (κ2) is 11.6. The Morgan fingerprint density at radius 3 is 2.59 bits per heavy atom. The first-order chi connectivity index (χ1) is 16.6. The number of aromatic nitrogens is 2. The monoisotopic (exact) mass is 501 g/mol. The summed E-state index contributed by atoms with van der Waals surface area (Å²) in [5.41, 5.74) is 2.37. The molecule has 8 nitrogen and oxygen atoms in total. The fourth-order valence-corrected chi connectivity index (χ4v) is 4.64. The lowest BCUT2D eigenvalue weighted by atomic mass is 10.2. The van der Waals surface area contributed by atoms with E-state index in [9.17, 15) is 4.79 Å². The molecule has 0 radical (unpaired) electrons. The van der Waals surface area contributed by atoms with E-state index in [0.717, 1.165) is 49.7 Å². The SMILES string of the molecule is CCOc1ccc(-c2nnc(SCC(=O)Nc3cccc(Cl)c3N3CCN(CC)CC3)o2)cc1. The summed E-state index contributed by atoms with van der Waals surface area (Å²) in [7, 11) is 0. The van der Waals surface area contributed by atoms with Gasteiger partial charge in [-0.15, -0.1) is 10.2 Å². The molecule has 4 rings (SSSR count). The van der Waals surface area contributed by atoms with E-state index in [4.69, 9.17) is 20.8 Å². The van der Waals surface area contributed by atoms with Gasteiger partial charge in [-0.1, -0.05) is 36.4 Å². The van der Waals surface area contributed by atoms with Crippen molar-refractivity contribution in [3.05, 3.63) is 47.5 Å². The number of hydrogen-bond donors (Lipinski definition) is 1. The number of carbonyl (C=O) groups excluding carboxylic acids is 1. The number of amides is 1. The summed E-state index contributed by atoms with van der Waals surface area (Å²) in [6.45, 7) is 9.42. The molecule has 0 bridgehead atoms. The Hall–Kier alpha value is -2.75. The maximum atomic E-state index is 12.7. The van der Waals surface area contributed by atoms with Crippen LogP contribution in [0.3, 0.4) is 0 Å². The van der Waals surface area contributed by atoms with Crippen LogP contribution in [0.2, 0.25) is 5.02 Å². The standard InChI is InChI=1S/C24H28ClN5O3S/c1-3-29-12-14-30(15-13-29)22-19(25)6-5-7-20(22)26-21(31)16-34-24-28-27-23(33-24)17-8-10-18(11-9-17)32-4-2/h5-11H,3-4,12-16H2,1-2H3,(H,26,31). The van der Waals surface area contributed by atoms with E-state index in [0.29, 0.717) is 28.4 Å². The number of hydrogen-bond acceptors (Lipinski definition) is 8. The van der Waals surface area contributed by atoms with Crippen molar-refractivity contribution >= 4 is 40.6 Å². The number of piperazine rings is 1. The molecule has 10 heteroatoms. The molecule has 1 fully saturated rings.